The fourth-order valence-electron chi connectivity index (χ4n) is 2.54. The van der Waals surface area contributed by atoms with Gasteiger partial charge in [0.25, 0.3) is 0 Å². The largest absolute Gasteiger partial charge is 0.373 e. The smallest absolute Gasteiger partial charge is 0.227 e. The van der Waals surface area contributed by atoms with E-state index in [2.05, 4.69) is 20.0 Å². The zero-order valence-electron chi connectivity index (χ0n) is 13.3. The summed E-state index contributed by atoms with van der Waals surface area (Å²) < 4.78 is 7.74. The Morgan fingerprint density at radius 2 is 2.23 bits per heavy atom. The van der Waals surface area contributed by atoms with Crippen molar-refractivity contribution in [3.05, 3.63) is 30.2 Å². The molecule has 0 N–H and O–H groups in total. The highest BCUT2D eigenvalue weighted by Gasteiger charge is 2.23. The van der Waals surface area contributed by atoms with Crippen molar-refractivity contribution in [2.75, 3.05) is 43.6 Å². The molecule has 2 aromatic rings. The molecule has 1 aliphatic heterocycles. The molecule has 0 bridgehead atoms. The molecule has 1 saturated heterocycles. The molecular formula is C15H22N6O. The van der Waals surface area contributed by atoms with Crippen LogP contribution in [0.2, 0.25) is 0 Å². The number of rotatable bonds is 4. The Morgan fingerprint density at radius 1 is 1.36 bits per heavy atom. The second-order valence-electron chi connectivity index (χ2n) is 5.73. The van der Waals surface area contributed by atoms with E-state index in [1.54, 1.807) is 6.20 Å². The second-order valence-corrected chi connectivity index (χ2v) is 5.73. The minimum atomic E-state index is 0.0977. The maximum atomic E-state index is 5.84. The van der Waals surface area contributed by atoms with E-state index in [9.17, 15) is 0 Å². The third-order valence-corrected chi connectivity index (χ3v) is 3.66. The van der Waals surface area contributed by atoms with Crippen LogP contribution in [0.4, 0.5) is 11.8 Å². The number of ether oxygens (including phenoxy) is 1. The fourth-order valence-corrected chi connectivity index (χ4v) is 2.54. The molecule has 7 heteroatoms. The van der Waals surface area contributed by atoms with E-state index in [1.807, 2.05) is 48.9 Å². The van der Waals surface area contributed by atoms with Gasteiger partial charge >= 0.3 is 0 Å². The predicted octanol–water partition coefficient (Wildman–Crippen LogP) is 0.953. The Kier molecular flexibility index (Phi) is 4.24. The summed E-state index contributed by atoms with van der Waals surface area (Å²) in [5.74, 6) is 1.70. The van der Waals surface area contributed by atoms with Gasteiger partial charge in [-0.05, 0) is 13.0 Å². The lowest BCUT2D eigenvalue weighted by Crippen LogP contribution is -2.45. The van der Waals surface area contributed by atoms with Gasteiger partial charge in [-0.25, -0.2) is 4.98 Å². The van der Waals surface area contributed by atoms with Gasteiger partial charge in [0.05, 0.1) is 19.3 Å². The van der Waals surface area contributed by atoms with Gasteiger partial charge in [0.1, 0.15) is 5.82 Å². The van der Waals surface area contributed by atoms with Crippen LogP contribution in [-0.4, -0.2) is 59.6 Å². The van der Waals surface area contributed by atoms with Gasteiger partial charge < -0.3 is 14.5 Å². The van der Waals surface area contributed by atoms with Crippen molar-refractivity contribution in [3.63, 3.8) is 0 Å². The molecule has 22 heavy (non-hydrogen) atoms. The van der Waals surface area contributed by atoms with Gasteiger partial charge in [0.15, 0.2) is 0 Å². The van der Waals surface area contributed by atoms with Crippen molar-refractivity contribution in [1.29, 1.82) is 0 Å². The van der Waals surface area contributed by atoms with Crippen LogP contribution < -0.4 is 9.80 Å². The number of morpholine rings is 1. The first-order chi connectivity index (χ1) is 10.6. The number of nitrogens with zero attached hydrogens (tertiary/aromatic N) is 6. The van der Waals surface area contributed by atoms with Crippen molar-refractivity contribution >= 4 is 11.8 Å². The van der Waals surface area contributed by atoms with Crippen LogP contribution in [0.15, 0.2) is 24.5 Å². The van der Waals surface area contributed by atoms with E-state index >= 15 is 0 Å². The number of aromatic nitrogens is 4. The minimum Gasteiger partial charge on any atom is -0.373 e. The van der Waals surface area contributed by atoms with Gasteiger partial charge in [-0.2, -0.15) is 10.1 Å². The van der Waals surface area contributed by atoms with Crippen LogP contribution in [0.5, 0.6) is 0 Å². The molecule has 0 spiro atoms. The molecule has 1 aliphatic rings. The highest BCUT2D eigenvalue weighted by molar-refractivity contribution is 5.45. The van der Waals surface area contributed by atoms with Gasteiger partial charge in [0, 0.05) is 51.3 Å². The van der Waals surface area contributed by atoms with E-state index in [-0.39, 0.29) is 6.10 Å². The zero-order valence-corrected chi connectivity index (χ0v) is 13.3. The molecule has 0 radical (unpaired) electrons. The average Bonchev–Trinajstić information content (AvgIpc) is 3.00. The summed E-state index contributed by atoms with van der Waals surface area (Å²) in [4.78, 5) is 13.4. The standard InChI is InChI=1S/C15H22N6O/c1-12-9-14(19(2)3)18-15(17-12)20-7-8-22-13(10-20)11-21-6-4-5-16-21/h4-6,9,13H,7-8,10-11H2,1-3H3. The van der Waals surface area contributed by atoms with Crippen LogP contribution >= 0.6 is 0 Å². The Labute approximate surface area is 130 Å². The molecular weight excluding hydrogens is 280 g/mol. The van der Waals surface area contributed by atoms with Gasteiger partial charge in [-0.1, -0.05) is 0 Å². The first kappa shape index (κ1) is 14.8. The summed E-state index contributed by atoms with van der Waals surface area (Å²) in [6, 6.07) is 3.92. The van der Waals surface area contributed by atoms with E-state index in [1.165, 1.54) is 0 Å². The van der Waals surface area contributed by atoms with Gasteiger partial charge in [-0.3, -0.25) is 4.68 Å². The molecule has 1 atom stereocenters. The maximum Gasteiger partial charge on any atom is 0.227 e. The Hall–Kier alpha value is -2.15. The third-order valence-electron chi connectivity index (χ3n) is 3.66. The Morgan fingerprint density at radius 3 is 2.95 bits per heavy atom. The van der Waals surface area contributed by atoms with Crippen molar-refractivity contribution in [2.24, 2.45) is 0 Å². The highest BCUT2D eigenvalue weighted by Crippen LogP contribution is 2.18. The number of hydrogen-bond acceptors (Lipinski definition) is 6. The summed E-state index contributed by atoms with van der Waals surface area (Å²) >= 11 is 0. The minimum absolute atomic E-state index is 0.0977. The molecule has 0 aliphatic carbocycles. The lowest BCUT2D eigenvalue weighted by Gasteiger charge is -2.33. The molecule has 3 heterocycles. The summed E-state index contributed by atoms with van der Waals surface area (Å²) in [7, 11) is 3.98. The van der Waals surface area contributed by atoms with Crippen LogP contribution in [0.1, 0.15) is 5.69 Å². The third kappa shape index (κ3) is 3.36. The highest BCUT2D eigenvalue weighted by atomic mass is 16.5. The second kappa shape index (κ2) is 6.31. The van der Waals surface area contributed by atoms with Crippen molar-refractivity contribution in [3.8, 4) is 0 Å². The number of hydrogen-bond donors (Lipinski definition) is 0. The molecule has 3 rings (SSSR count). The molecule has 2 aromatic heterocycles. The van der Waals surface area contributed by atoms with Crippen LogP contribution in [0, 0.1) is 6.92 Å². The lowest BCUT2D eigenvalue weighted by atomic mass is 10.3. The van der Waals surface area contributed by atoms with Crippen molar-refractivity contribution in [1.82, 2.24) is 19.7 Å². The normalized spacial score (nSPS) is 18.5. The first-order valence-corrected chi connectivity index (χ1v) is 7.49. The molecule has 1 fully saturated rings. The SMILES string of the molecule is Cc1cc(N(C)C)nc(N2CCOC(Cn3cccn3)C2)n1. The molecule has 0 amide bonds. The number of aryl methyl sites for hydroxylation is 1. The van der Waals surface area contributed by atoms with Crippen LogP contribution in [0.3, 0.4) is 0 Å². The van der Waals surface area contributed by atoms with E-state index in [4.69, 9.17) is 4.74 Å². The van der Waals surface area contributed by atoms with Crippen LogP contribution in [0.25, 0.3) is 0 Å². The zero-order chi connectivity index (χ0) is 15.5. The predicted molar refractivity (Wildman–Crippen MR) is 85.3 cm³/mol. The van der Waals surface area contributed by atoms with E-state index in [0.717, 1.165) is 37.1 Å². The van der Waals surface area contributed by atoms with Crippen molar-refractivity contribution < 1.29 is 4.74 Å². The quantitative estimate of drug-likeness (QED) is 0.838. The molecule has 0 aromatic carbocycles. The lowest BCUT2D eigenvalue weighted by molar-refractivity contribution is 0.0269. The summed E-state index contributed by atoms with van der Waals surface area (Å²) in [6.45, 7) is 5.01. The molecule has 0 saturated carbocycles. The summed E-state index contributed by atoms with van der Waals surface area (Å²) in [6.07, 6.45) is 3.84. The van der Waals surface area contributed by atoms with Crippen LogP contribution in [-0.2, 0) is 11.3 Å². The van der Waals surface area contributed by atoms with Gasteiger partial charge in [-0.15, -0.1) is 0 Å². The average molecular weight is 302 g/mol. The maximum absolute atomic E-state index is 5.84. The Bertz CT molecular complexity index is 613. The molecule has 7 nitrogen and oxygen atoms in total. The molecule has 118 valence electrons. The van der Waals surface area contributed by atoms with E-state index in [0.29, 0.717) is 6.61 Å². The van der Waals surface area contributed by atoms with Crippen molar-refractivity contribution in [2.45, 2.75) is 19.6 Å². The Balaban J connectivity index is 1.74. The molecule has 1 unspecified atom stereocenters. The fraction of sp³-hybridized carbons (Fsp3) is 0.533. The van der Waals surface area contributed by atoms with Gasteiger partial charge in [0.2, 0.25) is 5.95 Å². The van der Waals surface area contributed by atoms with E-state index < -0.39 is 0 Å². The summed E-state index contributed by atoms with van der Waals surface area (Å²) in [5.41, 5.74) is 0.976. The number of anilines is 2. The summed E-state index contributed by atoms with van der Waals surface area (Å²) in [5, 5.41) is 4.24. The topological polar surface area (TPSA) is 59.3 Å². The monoisotopic (exact) mass is 302 g/mol. The first-order valence-electron chi connectivity index (χ1n) is 7.49.